The number of halogens is 2. The van der Waals surface area contributed by atoms with Crippen LogP contribution in [-0.4, -0.2) is 6.88 Å². The molecule has 2 aliphatic rings. The van der Waals surface area contributed by atoms with Gasteiger partial charge in [0.2, 0.25) is 0 Å². The summed E-state index contributed by atoms with van der Waals surface area (Å²) < 4.78 is 6.93. The number of hydrogen-bond acceptors (Lipinski definition) is 0. The molecular formula is C14H23Cl2SiZr. The maximum absolute atomic E-state index is 2.55. The maximum atomic E-state index is 2.55. The second kappa shape index (κ2) is 6.88. The van der Waals surface area contributed by atoms with E-state index in [2.05, 4.69) is 48.2 Å². The van der Waals surface area contributed by atoms with Crippen LogP contribution >= 0.6 is 24.8 Å². The molecule has 0 amide bonds. The normalized spacial score (nSPS) is 18.8. The van der Waals surface area contributed by atoms with E-state index in [9.17, 15) is 0 Å². The maximum Gasteiger partial charge on any atom is -0.147 e. The van der Waals surface area contributed by atoms with Crippen molar-refractivity contribution < 1.29 is 18.9 Å². The first-order chi connectivity index (χ1) is 7.41. The molecule has 101 valence electrons. The van der Waals surface area contributed by atoms with Crippen molar-refractivity contribution in [2.24, 2.45) is 0 Å². The summed E-state index contributed by atoms with van der Waals surface area (Å²) in [5.74, 6) is 0. The van der Waals surface area contributed by atoms with Crippen LogP contribution in [0.25, 0.3) is 0 Å². The zero-order chi connectivity index (χ0) is 11.9. The summed E-state index contributed by atoms with van der Waals surface area (Å²) >= 11 is -1.84. The largest absolute Gasteiger partial charge is 0.147 e. The molecule has 0 nitrogen and oxygen atoms in total. The summed E-state index contributed by atoms with van der Waals surface area (Å²) in [5, 5.41) is 0. The summed E-state index contributed by atoms with van der Waals surface area (Å²) in [7, 11) is 0. The van der Waals surface area contributed by atoms with E-state index in [0.29, 0.717) is 0 Å². The van der Waals surface area contributed by atoms with E-state index in [-0.39, 0.29) is 24.8 Å². The van der Waals surface area contributed by atoms with Crippen molar-refractivity contribution in [1.29, 1.82) is 0 Å². The SMILES string of the molecule is CC1=C(C2=CC=CC2)C[C]([Zr]([CH3])([CH3])=[SiH2])=C1C.Cl.Cl. The zero-order valence-electron chi connectivity index (χ0n) is 11.7. The monoisotopic (exact) mass is 379 g/mol. The standard InChI is InChI=1S/C12H13.2CH3.2ClH.H2Si.Zr/c1-9-7-8-12(10(9)2)11-5-3-4-6-11;;;;;;/h3-5H,6,8H2,1-2H3;2*1H3;2*1H;1H2;. The van der Waals surface area contributed by atoms with E-state index in [1.54, 1.807) is 22.3 Å². The summed E-state index contributed by atoms with van der Waals surface area (Å²) in [6.07, 6.45) is 9.18. The van der Waals surface area contributed by atoms with E-state index < -0.39 is 18.9 Å². The molecule has 0 bridgehead atoms. The molecule has 0 aliphatic heterocycles. The zero-order valence-corrected chi connectivity index (χ0v) is 17.2. The van der Waals surface area contributed by atoms with Gasteiger partial charge in [0.15, 0.2) is 0 Å². The molecule has 0 aromatic heterocycles. The second-order valence-corrected chi connectivity index (χ2v) is 26.8. The molecule has 0 saturated carbocycles. The van der Waals surface area contributed by atoms with Crippen LogP contribution in [0.1, 0.15) is 26.7 Å². The van der Waals surface area contributed by atoms with Gasteiger partial charge in [-0.05, 0) is 0 Å². The van der Waals surface area contributed by atoms with E-state index in [1.165, 1.54) is 6.42 Å². The van der Waals surface area contributed by atoms with Crippen molar-refractivity contribution in [2.75, 3.05) is 0 Å². The molecule has 0 aromatic carbocycles. The molecule has 0 saturated heterocycles. The van der Waals surface area contributed by atoms with E-state index in [0.717, 1.165) is 6.42 Å². The van der Waals surface area contributed by atoms with Gasteiger partial charge in [-0.25, -0.2) is 0 Å². The molecule has 0 N–H and O–H groups in total. The van der Waals surface area contributed by atoms with Gasteiger partial charge >= 0.3 is 106 Å². The van der Waals surface area contributed by atoms with E-state index in [1.807, 2.05) is 3.28 Å². The Hall–Kier alpha value is 0.640. The van der Waals surface area contributed by atoms with Crippen molar-refractivity contribution in [3.05, 3.63) is 43.8 Å². The molecule has 0 heterocycles. The third-order valence-corrected chi connectivity index (χ3v) is 11.7. The molecule has 0 fully saturated rings. The molecule has 0 atom stereocenters. The Kier molecular flexibility index (Phi) is 7.13. The molecule has 0 aromatic rings. The van der Waals surface area contributed by atoms with E-state index >= 15 is 0 Å². The van der Waals surface area contributed by atoms with Crippen LogP contribution in [0.2, 0.25) is 9.26 Å². The van der Waals surface area contributed by atoms with Crippen LogP contribution in [-0.2, 0) is 18.9 Å². The minimum atomic E-state index is -1.84. The third kappa shape index (κ3) is 3.60. The van der Waals surface area contributed by atoms with Crippen LogP contribution in [0, 0.1) is 0 Å². The Bertz CT molecular complexity index is 504. The van der Waals surface area contributed by atoms with Gasteiger partial charge in [-0.2, -0.15) is 0 Å². The Balaban J connectivity index is 0.00000144. The molecule has 18 heavy (non-hydrogen) atoms. The average molecular weight is 382 g/mol. The predicted octanol–water partition coefficient (Wildman–Crippen LogP) is 4.51. The molecule has 2 rings (SSSR count). The topological polar surface area (TPSA) is 0 Å². The summed E-state index contributed by atoms with van der Waals surface area (Å²) in [6, 6.07) is 0. The predicted molar refractivity (Wildman–Crippen MR) is 86.6 cm³/mol. The molecule has 0 unspecified atom stereocenters. The molecule has 0 spiro atoms. The first-order valence-electron chi connectivity index (χ1n) is 6.03. The van der Waals surface area contributed by atoms with Crippen molar-refractivity contribution in [1.82, 2.24) is 0 Å². The fourth-order valence-corrected chi connectivity index (χ4v) is 9.54. The Morgan fingerprint density at radius 2 is 1.72 bits per heavy atom. The minimum absolute atomic E-state index is 0. The third-order valence-electron chi connectivity index (χ3n) is 3.80. The van der Waals surface area contributed by atoms with Crippen molar-refractivity contribution in [2.45, 2.75) is 36.0 Å². The van der Waals surface area contributed by atoms with Gasteiger partial charge in [-0.1, -0.05) is 0 Å². The smallest absolute Gasteiger partial charge is 0.147 e. The summed E-state index contributed by atoms with van der Waals surface area (Å²) in [4.78, 5) is 0. The van der Waals surface area contributed by atoms with Gasteiger partial charge in [0.1, 0.15) is 0 Å². The average Bonchev–Trinajstić information content (AvgIpc) is 2.75. The fourth-order valence-electron chi connectivity index (χ4n) is 2.67. The van der Waals surface area contributed by atoms with Crippen molar-refractivity contribution in [3.8, 4) is 0 Å². The fraction of sp³-hybridized carbons (Fsp3) is 0.429. The molecular weight excluding hydrogens is 358 g/mol. The van der Waals surface area contributed by atoms with Crippen molar-refractivity contribution in [3.63, 3.8) is 0 Å². The quantitative estimate of drug-likeness (QED) is 0.618. The second-order valence-electron chi connectivity index (χ2n) is 5.59. The van der Waals surface area contributed by atoms with E-state index in [4.69, 9.17) is 0 Å². The van der Waals surface area contributed by atoms with Gasteiger partial charge in [-0.3, -0.25) is 0 Å². The molecule has 4 heteroatoms. The summed E-state index contributed by atoms with van der Waals surface area (Å²) in [5.41, 5.74) is 6.39. The van der Waals surface area contributed by atoms with Gasteiger partial charge in [0.25, 0.3) is 0 Å². The van der Waals surface area contributed by atoms with Gasteiger partial charge in [0.05, 0.1) is 0 Å². The van der Waals surface area contributed by atoms with Gasteiger partial charge in [0, 0.05) is 0 Å². The number of allylic oxidation sites excluding steroid dienone is 8. The van der Waals surface area contributed by atoms with Crippen LogP contribution in [0.5, 0.6) is 0 Å². The first-order valence-corrected chi connectivity index (χ1v) is 18.1. The van der Waals surface area contributed by atoms with Crippen molar-refractivity contribution >= 4 is 31.7 Å². The molecule has 2 aliphatic carbocycles. The molecule has 0 radical (unpaired) electrons. The Labute approximate surface area is 129 Å². The van der Waals surface area contributed by atoms with Gasteiger partial charge in [-0.15, -0.1) is 24.8 Å². The minimum Gasteiger partial charge on any atom is -0.147 e. The number of rotatable bonds is 2. The Morgan fingerprint density at radius 3 is 2.11 bits per heavy atom. The number of hydrogen-bond donors (Lipinski definition) is 0. The van der Waals surface area contributed by atoms with Crippen LogP contribution in [0.3, 0.4) is 0 Å². The summed E-state index contributed by atoms with van der Waals surface area (Å²) in [6.45, 7) is 6.97. The van der Waals surface area contributed by atoms with Crippen LogP contribution < -0.4 is 0 Å². The van der Waals surface area contributed by atoms with Gasteiger partial charge < -0.3 is 0 Å². The first kappa shape index (κ1) is 18.6. The van der Waals surface area contributed by atoms with Crippen LogP contribution in [0.4, 0.5) is 0 Å². The van der Waals surface area contributed by atoms with Crippen LogP contribution in [0.15, 0.2) is 43.8 Å². The Morgan fingerprint density at radius 1 is 1.11 bits per heavy atom.